The number of pyridine rings is 1. The first-order valence-electron chi connectivity index (χ1n) is 10.7. The number of carbonyl (C=O) groups excluding carboxylic acids is 1. The van der Waals surface area contributed by atoms with Crippen LogP contribution in [0.25, 0.3) is 16.9 Å². The Labute approximate surface area is 186 Å². The quantitative estimate of drug-likeness (QED) is 0.460. The van der Waals surface area contributed by atoms with E-state index in [2.05, 4.69) is 19.9 Å². The van der Waals surface area contributed by atoms with Crippen molar-refractivity contribution in [3.8, 4) is 5.82 Å². The molecule has 4 heterocycles. The van der Waals surface area contributed by atoms with Crippen molar-refractivity contribution in [3.63, 3.8) is 0 Å². The van der Waals surface area contributed by atoms with E-state index in [9.17, 15) is 18.0 Å². The van der Waals surface area contributed by atoms with Crippen LogP contribution in [0.3, 0.4) is 0 Å². The van der Waals surface area contributed by atoms with Crippen molar-refractivity contribution >= 4 is 22.6 Å². The number of nitrogens with one attached hydrogen (secondary N) is 1. The Hall–Kier alpha value is -3.69. The third-order valence-corrected chi connectivity index (χ3v) is 6.55. The Morgan fingerprint density at radius 1 is 1.12 bits per heavy atom. The Morgan fingerprint density at radius 3 is 2.64 bits per heavy atom. The molecule has 0 spiro atoms. The monoisotopic (exact) mass is 452 g/mol. The summed E-state index contributed by atoms with van der Waals surface area (Å²) in [5.74, 6) is 0.675. The number of β-lactam (4-membered cyclic amide) rings is 1. The lowest BCUT2D eigenvalue weighted by Gasteiger charge is -2.48. The number of alkyl halides is 3. The van der Waals surface area contributed by atoms with Gasteiger partial charge in [-0.2, -0.15) is 13.2 Å². The van der Waals surface area contributed by atoms with Gasteiger partial charge < -0.3 is 9.88 Å². The molecule has 1 aliphatic carbocycles. The summed E-state index contributed by atoms with van der Waals surface area (Å²) in [6.45, 7) is 1.89. The van der Waals surface area contributed by atoms with E-state index in [-0.39, 0.29) is 17.9 Å². The molecule has 33 heavy (non-hydrogen) atoms. The van der Waals surface area contributed by atoms with Crippen LogP contribution in [0.4, 0.5) is 18.9 Å². The van der Waals surface area contributed by atoms with Crippen LogP contribution < -0.4 is 4.90 Å². The molecule has 2 aliphatic rings. The van der Waals surface area contributed by atoms with Gasteiger partial charge in [-0.1, -0.05) is 0 Å². The maximum Gasteiger partial charge on any atom is 0.434 e. The molecule has 7 nitrogen and oxygen atoms in total. The smallest absolute Gasteiger partial charge is 0.345 e. The predicted octanol–water partition coefficient (Wildman–Crippen LogP) is 4.58. The van der Waals surface area contributed by atoms with E-state index >= 15 is 0 Å². The fourth-order valence-corrected chi connectivity index (χ4v) is 4.71. The molecule has 0 bridgehead atoms. The van der Waals surface area contributed by atoms with Crippen LogP contribution in [0.1, 0.15) is 35.7 Å². The van der Waals surface area contributed by atoms with E-state index in [4.69, 9.17) is 0 Å². The van der Waals surface area contributed by atoms with Crippen LogP contribution in [-0.2, 0) is 11.0 Å². The highest BCUT2D eigenvalue weighted by Gasteiger charge is 2.55. The average Bonchev–Trinajstić information content (AvgIpc) is 3.25. The van der Waals surface area contributed by atoms with E-state index in [0.717, 1.165) is 53.2 Å². The van der Waals surface area contributed by atoms with Gasteiger partial charge in [0.25, 0.3) is 0 Å². The first-order chi connectivity index (χ1) is 15.8. The minimum Gasteiger partial charge on any atom is -0.345 e. The molecule has 2 atom stereocenters. The number of aryl methyl sites for hydroxylation is 1. The Bertz CT molecular complexity index is 1390. The molecular weight excluding hydrogens is 433 g/mol. The maximum absolute atomic E-state index is 13.2. The molecular formula is C23H19F3N6O. The highest BCUT2D eigenvalue weighted by Crippen LogP contribution is 2.54. The lowest BCUT2D eigenvalue weighted by Crippen LogP contribution is -2.56. The number of benzene rings is 1. The summed E-state index contributed by atoms with van der Waals surface area (Å²) in [4.78, 5) is 30.2. The fraction of sp³-hybridized carbons (Fsp3) is 0.304. The third-order valence-electron chi connectivity index (χ3n) is 6.55. The number of imidazole rings is 2. The summed E-state index contributed by atoms with van der Waals surface area (Å²) in [6, 6.07) is 7.25. The third kappa shape index (κ3) is 3.20. The number of nitrogens with zero attached hydrogens (tertiary/aromatic N) is 5. The lowest BCUT2D eigenvalue weighted by molar-refractivity contribution is -0.141. The molecule has 6 rings (SSSR count). The Morgan fingerprint density at radius 2 is 1.94 bits per heavy atom. The molecule has 1 unspecified atom stereocenters. The summed E-state index contributed by atoms with van der Waals surface area (Å²) in [5.41, 5.74) is 3.23. The van der Waals surface area contributed by atoms with Gasteiger partial charge in [0, 0.05) is 18.1 Å². The molecule has 168 valence electrons. The number of H-pyrrole nitrogens is 1. The largest absolute Gasteiger partial charge is 0.434 e. The van der Waals surface area contributed by atoms with Crippen molar-refractivity contribution < 1.29 is 18.0 Å². The second kappa shape index (κ2) is 6.90. The molecule has 0 radical (unpaired) electrons. The van der Waals surface area contributed by atoms with Crippen LogP contribution >= 0.6 is 0 Å². The molecule has 1 aliphatic heterocycles. The standard InChI is InChI=1S/C23H19F3N6O/c1-12-6-19(31-9-18(30-11-31)23(24,25)26)27-8-15(12)21-20(13-2-3-13)22(33)32(21)14-4-5-16-17(7-14)29-10-28-16/h4-11,13,20-21H,2-3H2,1H3,(H,28,29)/t20?,21-/m0/s1. The number of hydrogen-bond donors (Lipinski definition) is 1. The van der Waals surface area contributed by atoms with E-state index in [0.29, 0.717) is 11.7 Å². The van der Waals surface area contributed by atoms with Gasteiger partial charge in [0.05, 0.1) is 29.3 Å². The average molecular weight is 452 g/mol. The second-order valence-electron chi connectivity index (χ2n) is 8.68. The number of fused-ring (bicyclic) bond motifs is 1. The molecule has 1 amide bonds. The first-order valence-corrected chi connectivity index (χ1v) is 10.7. The van der Waals surface area contributed by atoms with Crippen molar-refractivity contribution in [2.24, 2.45) is 11.8 Å². The summed E-state index contributed by atoms with van der Waals surface area (Å²) in [6.07, 6.45) is 2.86. The van der Waals surface area contributed by atoms with Gasteiger partial charge in [-0.15, -0.1) is 0 Å². The number of aromatic amines is 1. The summed E-state index contributed by atoms with van der Waals surface area (Å²) in [7, 11) is 0. The number of hydrogen-bond acceptors (Lipinski definition) is 4. The van der Waals surface area contributed by atoms with Crippen molar-refractivity contribution in [3.05, 3.63) is 66.1 Å². The second-order valence-corrected chi connectivity index (χ2v) is 8.68. The van der Waals surface area contributed by atoms with E-state index in [1.54, 1.807) is 23.5 Å². The van der Waals surface area contributed by atoms with Crippen LogP contribution in [0.5, 0.6) is 0 Å². The Balaban J connectivity index is 1.37. The van der Waals surface area contributed by atoms with Gasteiger partial charge in [0.2, 0.25) is 5.91 Å². The van der Waals surface area contributed by atoms with E-state index in [1.807, 2.05) is 25.1 Å². The Kier molecular flexibility index (Phi) is 4.17. The molecule has 1 saturated heterocycles. The van der Waals surface area contributed by atoms with Crippen LogP contribution in [-0.4, -0.2) is 30.4 Å². The summed E-state index contributed by atoms with van der Waals surface area (Å²) < 4.78 is 40.0. The number of aromatic nitrogens is 5. The van der Waals surface area contributed by atoms with Gasteiger partial charge >= 0.3 is 6.18 Å². The molecule has 1 saturated carbocycles. The number of halogens is 3. The van der Waals surface area contributed by atoms with Gasteiger partial charge in [-0.3, -0.25) is 9.36 Å². The summed E-state index contributed by atoms with van der Waals surface area (Å²) >= 11 is 0. The predicted molar refractivity (Wildman–Crippen MR) is 114 cm³/mol. The molecule has 1 aromatic carbocycles. The minimum atomic E-state index is -4.51. The zero-order chi connectivity index (χ0) is 22.9. The fourth-order valence-electron chi connectivity index (χ4n) is 4.71. The van der Waals surface area contributed by atoms with Crippen molar-refractivity contribution in [1.29, 1.82) is 0 Å². The van der Waals surface area contributed by atoms with Crippen LogP contribution in [0.2, 0.25) is 0 Å². The minimum absolute atomic E-state index is 0.0882. The zero-order valence-electron chi connectivity index (χ0n) is 17.5. The highest BCUT2D eigenvalue weighted by molar-refractivity contribution is 6.04. The SMILES string of the molecule is Cc1cc(-n2cnc(C(F)(F)F)c2)ncc1[C@H]1C(C2CC2)C(=O)N1c1ccc2[nH]cnc2c1. The van der Waals surface area contributed by atoms with E-state index < -0.39 is 11.9 Å². The zero-order valence-corrected chi connectivity index (χ0v) is 17.5. The maximum atomic E-state index is 13.2. The van der Waals surface area contributed by atoms with Crippen molar-refractivity contribution in [2.75, 3.05) is 4.90 Å². The normalized spacial score (nSPS) is 21.0. The number of carbonyl (C=O) groups is 1. The van der Waals surface area contributed by atoms with E-state index in [1.165, 1.54) is 4.57 Å². The van der Waals surface area contributed by atoms with Gasteiger partial charge in [0.15, 0.2) is 5.69 Å². The van der Waals surface area contributed by atoms with Gasteiger partial charge in [-0.25, -0.2) is 15.0 Å². The molecule has 4 aromatic rings. The van der Waals surface area contributed by atoms with Crippen LogP contribution in [0.15, 0.2) is 49.3 Å². The highest BCUT2D eigenvalue weighted by atomic mass is 19.4. The molecule has 10 heteroatoms. The number of rotatable bonds is 4. The number of amides is 1. The lowest BCUT2D eigenvalue weighted by atomic mass is 9.78. The topological polar surface area (TPSA) is 79.7 Å². The molecule has 1 N–H and O–H groups in total. The van der Waals surface area contributed by atoms with Crippen LogP contribution in [0, 0.1) is 18.8 Å². The molecule has 2 fully saturated rings. The summed E-state index contributed by atoms with van der Waals surface area (Å²) in [5, 5.41) is 0. The van der Waals surface area contributed by atoms with Gasteiger partial charge in [-0.05, 0) is 61.1 Å². The van der Waals surface area contributed by atoms with Crippen molar-refractivity contribution in [1.82, 2.24) is 24.5 Å². The first kappa shape index (κ1) is 20.0. The van der Waals surface area contributed by atoms with Crippen molar-refractivity contribution in [2.45, 2.75) is 32.0 Å². The number of anilines is 1. The van der Waals surface area contributed by atoms with Gasteiger partial charge in [0.1, 0.15) is 12.1 Å². The molecule has 3 aromatic heterocycles.